The molecule has 0 spiro atoms. The molecule has 0 unspecified atom stereocenters. The molecule has 0 saturated heterocycles. The summed E-state index contributed by atoms with van der Waals surface area (Å²) in [6.45, 7) is 0. The van der Waals surface area contributed by atoms with Crippen LogP contribution in [0.25, 0.3) is 11.0 Å². The van der Waals surface area contributed by atoms with Crippen molar-refractivity contribution in [3.63, 3.8) is 0 Å². The maximum Gasteiger partial charge on any atom is 0.449 e. The van der Waals surface area contributed by atoms with Gasteiger partial charge >= 0.3 is 6.18 Å². The smallest absolute Gasteiger partial charge is 0.449 e. The van der Waals surface area contributed by atoms with Gasteiger partial charge in [0.2, 0.25) is 5.82 Å². The highest BCUT2D eigenvalue weighted by molar-refractivity contribution is 5.89. The molecule has 10 nitrogen and oxygen atoms in total. The molecule has 0 bridgehead atoms. The first-order valence-electron chi connectivity index (χ1n) is 7.31. The van der Waals surface area contributed by atoms with E-state index in [2.05, 4.69) is 15.0 Å². The van der Waals surface area contributed by atoms with Gasteiger partial charge in [-0.15, -0.1) is 0 Å². The van der Waals surface area contributed by atoms with Gasteiger partial charge in [-0.25, -0.2) is 4.98 Å². The maximum atomic E-state index is 12.7. The highest BCUT2D eigenvalue weighted by Crippen LogP contribution is 2.32. The summed E-state index contributed by atoms with van der Waals surface area (Å²) >= 11 is 0. The molecule has 0 saturated carbocycles. The second-order valence-electron chi connectivity index (χ2n) is 5.44. The van der Waals surface area contributed by atoms with Crippen LogP contribution in [0.4, 0.5) is 30.2 Å². The molecule has 0 aliphatic carbocycles. The number of imidazole rings is 1. The van der Waals surface area contributed by atoms with Crippen LogP contribution in [0.15, 0.2) is 35.3 Å². The Balaban J connectivity index is 2.01. The van der Waals surface area contributed by atoms with Gasteiger partial charge in [-0.05, 0) is 29.5 Å². The molecule has 1 aromatic heterocycles. The fourth-order valence-electron chi connectivity index (χ4n) is 2.31. The van der Waals surface area contributed by atoms with E-state index < -0.39 is 44.5 Å². The van der Waals surface area contributed by atoms with Crippen LogP contribution in [-0.2, 0) is 6.18 Å². The van der Waals surface area contributed by atoms with Crippen molar-refractivity contribution in [1.82, 2.24) is 9.97 Å². The van der Waals surface area contributed by atoms with Crippen LogP contribution in [0.5, 0.6) is 5.75 Å². The predicted molar refractivity (Wildman–Crippen MR) is 87.5 cm³/mol. The Kier molecular flexibility index (Phi) is 4.42. The lowest BCUT2D eigenvalue weighted by Gasteiger charge is -2.10. The molecule has 0 aliphatic heterocycles. The molecule has 1 N–H and O–H groups in total. The number of H-pyrrole nitrogens is 1. The number of nitro benzene ring substituents is 2. The summed E-state index contributed by atoms with van der Waals surface area (Å²) in [6, 6.07) is 5.12. The molecule has 13 heteroatoms. The summed E-state index contributed by atoms with van der Waals surface area (Å²) in [5, 5.41) is 33.8. The number of nitro groups is 2. The Morgan fingerprint density at radius 3 is 2.43 bits per heavy atom. The summed E-state index contributed by atoms with van der Waals surface area (Å²) < 4.78 is 38.0. The van der Waals surface area contributed by atoms with Gasteiger partial charge in [0.05, 0.1) is 32.6 Å². The molecular weight excluding hydrogens is 387 g/mol. The van der Waals surface area contributed by atoms with Gasteiger partial charge < -0.3 is 10.1 Å². The number of nitrogens with zero attached hydrogens (tertiary/aromatic N) is 4. The van der Waals surface area contributed by atoms with Gasteiger partial charge in [-0.1, -0.05) is 0 Å². The number of hydrogen-bond donors (Lipinski definition) is 1. The van der Waals surface area contributed by atoms with Crippen molar-refractivity contribution >= 4 is 34.3 Å². The zero-order valence-corrected chi connectivity index (χ0v) is 13.4. The van der Waals surface area contributed by atoms with Crippen LogP contribution >= 0.6 is 0 Å². The zero-order chi connectivity index (χ0) is 20.6. The Bertz CT molecular complexity index is 1140. The Morgan fingerprint density at radius 1 is 1.11 bits per heavy atom. The number of hydrogen-bond acceptors (Lipinski definition) is 7. The normalized spacial score (nSPS) is 12.0. The van der Waals surface area contributed by atoms with Crippen LogP contribution in [0.2, 0.25) is 0 Å². The number of aromatic amines is 1. The highest BCUT2D eigenvalue weighted by atomic mass is 19.4. The van der Waals surface area contributed by atoms with Crippen LogP contribution in [-0.4, -0.2) is 26.0 Å². The zero-order valence-electron chi connectivity index (χ0n) is 13.4. The third-order valence-electron chi connectivity index (χ3n) is 3.58. The topological polar surface area (TPSA) is 150 Å². The van der Waals surface area contributed by atoms with Crippen LogP contribution in [0.3, 0.4) is 0 Å². The summed E-state index contributed by atoms with van der Waals surface area (Å²) in [6.07, 6.45) is -3.80. The Hall–Kier alpha value is -4.03. The first-order chi connectivity index (χ1) is 13.1. The molecule has 3 rings (SSSR count). The quantitative estimate of drug-likeness (QED) is 0.408. The van der Waals surface area contributed by atoms with Gasteiger partial charge in [0.15, 0.2) is 0 Å². The van der Waals surface area contributed by atoms with Crippen molar-refractivity contribution in [1.29, 1.82) is 0 Å². The van der Waals surface area contributed by atoms with Crippen molar-refractivity contribution in [2.45, 2.75) is 6.18 Å². The standard InChI is InChI=1S/C15H8F3N5O5/c16-15(17,18)14-20-10-2-1-8(4-11(10)21-14)19-6-7-3-9(22(25)26)5-12(13(7)24)23(27)28/h1-6,24H,(H,20,21)/p-1. The number of halogens is 3. The maximum absolute atomic E-state index is 12.7. The molecule has 0 radical (unpaired) electrons. The highest BCUT2D eigenvalue weighted by Gasteiger charge is 2.34. The van der Waals surface area contributed by atoms with E-state index in [1.54, 1.807) is 0 Å². The molecule has 1 heterocycles. The SMILES string of the molecule is O=[N+]([O-])c1cc(C=Nc2ccc3nc(C(F)(F)F)[nH]c3c2)c([O-])c([N+](=O)[O-])c1. The third kappa shape index (κ3) is 3.58. The molecule has 144 valence electrons. The van der Waals surface area contributed by atoms with E-state index in [1.807, 2.05) is 0 Å². The molecule has 0 amide bonds. The number of aliphatic imine (C=N–C) groups is 1. The molecule has 3 aromatic rings. The molecule has 0 fully saturated rings. The van der Waals surface area contributed by atoms with Gasteiger partial charge in [-0.2, -0.15) is 13.2 Å². The first-order valence-corrected chi connectivity index (χ1v) is 7.31. The number of nitrogens with one attached hydrogen (secondary N) is 1. The molecule has 0 atom stereocenters. The van der Waals surface area contributed by atoms with E-state index in [0.29, 0.717) is 6.07 Å². The average molecular weight is 394 g/mol. The summed E-state index contributed by atoms with van der Waals surface area (Å²) in [5.74, 6) is -2.28. The number of alkyl halides is 3. The molecule has 2 aromatic carbocycles. The number of non-ortho nitro benzene ring substituents is 1. The first kappa shape index (κ1) is 18.8. The van der Waals surface area contributed by atoms with Crippen molar-refractivity contribution in [2.24, 2.45) is 4.99 Å². The van der Waals surface area contributed by atoms with Gasteiger partial charge in [0, 0.05) is 12.3 Å². The molecule has 28 heavy (non-hydrogen) atoms. The number of aromatic nitrogens is 2. The number of benzene rings is 2. The summed E-state index contributed by atoms with van der Waals surface area (Å²) in [5.41, 5.74) is -1.93. The summed E-state index contributed by atoms with van der Waals surface area (Å²) in [4.78, 5) is 29.1. The minimum Gasteiger partial charge on any atom is -0.867 e. The predicted octanol–water partition coefficient (Wildman–Crippen LogP) is 3.22. The lowest BCUT2D eigenvalue weighted by Crippen LogP contribution is -2.06. The number of rotatable bonds is 4. The van der Waals surface area contributed by atoms with Gasteiger partial charge in [0.25, 0.3) is 11.4 Å². The number of fused-ring (bicyclic) bond motifs is 1. The Labute approximate surface area is 152 Å². The fourth-order valence-corrected chi connectivity index (χ4v) is 2.31. The summed E-state index contributed by atoms with van der Waals surface area (Å²) in [7, 11) is 0. The monoisotopic (exact) mass is 394 g/mol. The van der Waals surface area contributed by atoms with Crippen LogP contribution < -0.4 is 5.11 Å². The van der Waals surface area contributed by atoms with Crippen molar-refractivity contribution < 1.29 is 28.1 Å². The fraction of sp³-hybridized carbons (Fsp3) is 0.0667. The minimum absolute atomic E-state index is 0.0225. The molecule has 0 aliphatic rings. The van der Waals surface area contributed by atoms with E-state index in [9.17, 15) is 38.5 Å². The van der Waals surface area contributed by atoms with E-state index in [0.717, 1.165) is 12.3 Å². The van der Waals surface area contributed by atoms with E-state index >= 15 is 0 Å². The second kappa shape index (κ2) is 6.61. The van der Waals surface area contributed by atoms with E-state index in [-0.39, 0.29) is 16.7 Å². The lowest BCUT2D eigenvalue weighted by atomic mass is 10.1. The minimum atomic E-state index is -4.66. The third-order valence-corrected chi connectivity index (χ3v) is 3.58. The average Bonchev–Trinajstić information content (AvgIpc) is 3.04. The second-order valence-corrected chi connectivity index (χ2v) is 5.44. The van der Waals surface area contributed by atoms with Gasteiger partial charge in [-0.3, -0.25) is 25.2 Å². The van der Waals surface area contributed by atoms with Crippen molar-refractivity contribution in [3.05, 3.63) is 61.9 Å². The van der Waals surface area contributed by atoms with E-state index in [4.69, 9.17) is 0 Å². The lowest BCUT2D eigenvalue weighted by molar-refractivity contribution is -0.403. The van der Waals surface area contributed by atoms with Crippen molar-refractivity contribution in [3.8, 4) is 5.75 Å². The Morgan fingerprint density at radius 2 is 1.82 bits per heavy atom. The largest absolute Gasteiger partial charge is 0.867 e. The van der Waals surface area contributed by atoms with E-state index in [1.165, 1.54) is 18.2 Å². The van der Waals surface area contributed by atoms with Crippen LogP contribution in [0, 0.1) is 20.2 Å². The van der Waals surface area contributed by atoms with Crippen molar-refractivity contribution in [2.75, 3.05) is 0 Å². The van der Waals surface area contributed by atoms with Crippen LogP contribution in [0.1, 0.15) is 11.4 Å². The van der Waals surface area contributed by atoms with Gasteiger partial charge in [0.1, 0.15) is 0 Å². The molecular formula is C15H7F3N5O5-.